The van der Waals surface area contributed by atoms with E-state index in [1.165, 1.54) is 18.7 Å². The van der Waals surface area contributed by atoms with Gasteiger partial charge in [-0.2, -0.15) is 5.26 Å². The van der Waals surface area contributed by atoms with Gasteiger partial charge in [-0.05, 0) is 31.2 Å². The highest BCUT2D eigenvalue weighted by Gasteiger charge is 2.15. The maximum atomic E-state index is 11.2. The third-order valence-corrected chi connectivity index (χ3v) is 4.60. The number of anilines is 2. The number of nitrogens with zero attached hydrogens (tertiary/aromatic N) is 4. The molecule has 7 nitrogen and oxygen atoms in total. The Kier molecular flexibility index (Phi) is 5.87. The fourth-order valence-corrected chi connectivity index (χ4v) is 3.26. The maximum absolute atomic E-state index is 11.2. The molecule has 2 heterocycles. The quantitative estimate of drug-likeness (QED) is 0.507. The minimum Gasteiger partial charge on any atom is -0.382 e. The van der Waals surface area contributed by atoms with E-state index in [9.17, 15) is 10.1 Å². The minimum absolute atomic E-state index is 0.125. The summed E-state index contributed by atoms with van der Waals surface area (Å²) in [4.78, 5) is 24.3. The molecule has 0 aliphatic heterocycles. The monoisotopic (exact) mass is 389 g/mol. The third-order valence-electron chi connectivity index (χ3n) is 3.72. The normalized spacial score (nSPS) is 10.3. The number of aromatic nitrogens is 3. The Bertz CT molecular complexity index is 1060. The minimum atomic E-state index is -0.157. The molecule has 8 heteroatoms. The molecule has 2 aromatic heterocycles. The van der Waals surface area contributed by atoms with E-state index in [1.807, 2.05) is 18.2 Å². The summed E-state index contributed by atoms with van der Waals surface area (Å²) in [6, 6.07) is 14.7. The van der Waals surface area contributed by atoms with E-state index in [0.29, 0.717) is 33.5 Å². The lowest BCUT2D eigenvalue weighted by molar-refractivity contribution is -0.114. The lowest BCUT2D eigenvalue weighted by Gasteiger charge is -2.09. The summed E-state index contributed by atoms with van der Waals surface area (Å²) in [5.41, 5.74) is 9.57. The standard InChI is InChI=1S/C20H17N6OS/c1-12-4-3-5-16(23-12)11-28-20-25-18(17(10-21)19(22)26-20)14-6-8-15(9-7-14)24-13(2)27/h3-9H,1,11H2,2H3,(H,24,27)(H2,22,25,26). The van der Waals surface area contributed by atoms with Gasteiger partial charge in [-0.1, -0.05) is 30.0 Å². The van der Waals surface area contributed by atoms with Gasteiger partial charge in [-0.15, -0.1) is 0 Å². The van der Waals surface area contributed by atoms with E-state index in [-0.39, 0.29) is 17.3 Å². The van der Waals surface area contributed by atoms with Crippen LogP contribution in [0.3, 0.4) is 0 Å². The second-order valence-electron chi connectivity index (χ2n) is 5.89. The average Bonchev–Trinajstić information content (AvgIpc) is 2.66. The van der Waals surface area contributed by atoms with E-state index in [1.54, 1.807) is 24.3 Å². The Morgan fingerprint density at radius 3 is 2.61 bits per heavy atom. The van der Waals surface area contributed by atoms with E-state index >= 15 is 0 Å². The number of nitrogen functional groups attached to an aromatic ring is 1. The Morgan fingerprint density at radius 2 is 1.96 bits per heavy atom. The summed E-state index contributed by atoms with van der Waals surface area (Å²) in [5.74, 6) is 0.519. The number of carbonyl (C=O) groups is 1. The topological polar surface area (TPSA) is 118 Å². The van der Waals surface area contributed by atoms with Crippen molar-refractivity contribution in [3.05, 3.63) is 66.3 Å². The summed E-state index contributed by atoms with van der Waals surface area (Å²) in [6.45, 7) is 5.26. The van der Waals surface area contributed by atoms with Crippen molar-refractivity contribution in [2.75, 3.05) is 11.1 Å². The fourth-order valence-electron chi connectivity index (χ4n) is 2.50. The zero-order valence-electron chi connectivity index (χ0n) is 15.1. The van der Waals surface area contributed by atoms with Crippen LogP contribution in [0.1, 0.15) is 23.9 Å². The smallest absolute Gasteiger partial charge is 0.221 e. The lowest BCUT2D eigenvalue weighted by Crippen LogP contribution is -2.05. The highest BCUT2D eigenvalue weighted by atomic mass is 32.2. The number of nitrogens with two attached hydrogens (primary N) is 1. The van der Waals surface area contributed by atoms with Gasteiger partial charge in [0.05, 0.1) is 11.4 Å². The molecule has 139 valence electrons. The first-order chi connectivity index (χ1) is 13.5. The molecule has 0 unspecified atom stereocenters. The molecule has 1 radical (unpaired) electrons. The van der Waals surface area contributed by atoms with Gasteiger partial charge < -0.3 is 11.1 Å². The second kappa shape index (κ2) is 8.50. The fraction of sp³-hybridized carbons (Fsp3) is 0.100. The first kappa shape index (κ1) is 19.3. The molecule has 3 aromatic rings. The van der Waals surface area contributed by atoms with Gasteiger partial charge in [0.1, 0.15) is 17.5 Å². The number of nitriles is 1. The number of nitrogens with one attached hydrogen (secondary N) is 1. The van der Waals surface area contributed by atoms with Crippen LogP contribution in [0.5, 0.6) is 0 Å². The molecule has 1 amide bonds. The highest BCUT2D eigenvalue weighted by Crippen LogP contribution is 2.29. The van der Waals surface area contributed by atoms with Crippen LogP contribution in [-0.2, 0) is 10.5 Å². The van der Waals surface area contributed by atoms with Gasteiger partial charge in [0.2, 0.25) is 5.91 Å². The van der Waals surface area contributed by atoms with Crippen molar-refractivity contribution in [3.63, 3.8) is 0 Å². The van der Waals surface area contributed by atoms with E-state index in [2.05, 4.69) is 33.3 Å². The van der Waals surface area contributed by atoms with Crippen LogP contribution >= 0.6 is 11.8 Å². The van der Waals surface area contributed by atoms with Crippen molar-refractivity contribution in [3.8, 4) is 17.3 Å². The van der Waals surface area contributed by atoms with Crippen LogP contribution in [-0.4, -0.2) is 20.9 Å². The Labute approximate surface area is 167 Å². The molecule has 0 aliphatic carbocycles. The van der Waals surface area contributed by atoms with Crippen molar-refractivity contribution in [1.29, 1.82) is 5.26 Å². The largest absolute Gasteiger partial charge is 0.382 e. The SMILES string of the molecule is [CH2]c1cccc(CSc2nc(N)c(C#N)c(-c3ccc(NC(C)=O)cc3)n2)n1. The zero-order chi connectivity index (χ0) is 20.1. The zero-order valence-corrected chi connectivity index (χ0v) is 16.0. The number of benzene rings is 1. The van der Waals surface area contributed by atoms with E-state index in [4.69, 9.17) is 5.73 Å². The summed E-state index contributed by atoms with van der Waals surface area (Å²) in [6.07, 6.45) is 0. The van der Waals surface area contributed by atoms with Crippen LogP contribution in [0, 0.1) is 18.3 Å². The predicted molar refractivity (Wildman–Crippen MR) is 109 cm³/mol. The van der Waals surface area contributed by atoms with Gasteiger partial charge in [0, 0.05) is 29.6 Å². The number of hydrogen-bond donors (Lipinski definition) is 2. The number of thioether (sulfide) groups is 1. The third kappa shape index (κ3) is 4.64. The lowest BCUT2D eigenvalue weighted by atomic mass is 10.1. The summed E-state index contributed by atoms with van der Waals surface area (Å²) in [7, 11) is 0. The summed E-state index contributed by atoms with van der Waals surface area (Å²) < 4.78 is 0. The number of hydrogen-bond acceptors (Lipinski definition) is 7. The van der Waals surface area contributed by atoms with Crippen LogP contribution in [0.15, 0.2) is 47.6 Å². The number of amides is 1. The average molecular weight is 389 g/mol. The van der Waals surface area contributed by atoms with Crippen molar-refractivity contribution < 1.29 is 4.79 Å². The molecule has 28 heavy (non-hydrogen) atoms. The molecule has 0 aliphatic rings. The maximum Gasteiger partial charge on any atom is 0.221 e. The number of pyridine rings is 1. The van der Waals surface area contributed by atoms with Gasteiger partial charge in [0.25, 0.3) is 0 Å². The van der Waals surface area contributed by atoms with Gasteiger partial charge >= 0.3 is 0 Å². The Hall–Kier alpha value is -3.44. The molecule has 0 bridgehead atoms. The van der Waals surface area contributed by atoms with Crippen molar-refractivity contribution >= 4 is 29.2 Å². The molecule has 0 fully saturated rings. The molecule has 0 spiro atoms. The molecule has 3 N–H and O–H groups in total. The summed E-state index contributed by atoms with van der Waals surface area (Å²) >= 11 is 1.38. The second-order valence-corrected chi connectivity index (χ2v) is 6.84. The predicted octanol–water partition coefficient (Wildman–Crippen LogP) is 3.43. The molecule has 0 saturated heterocycles. The van der Waals surface area contributed by atoms with Gasteiger partial charge in [-0.25, -0.2) is 9.97 Å². The first-order valence-corrected chi connectivity index (χ1v) is 9.31. The molecule has 3 rings (SSSR count). The van der Waals surface area contributed by atoms with Crippen LogP contribution in [0.2, 0.25) is 0 Å². The first-order valence-electron chi connectivity index (χ1n) is 8.32. The van der Waals surface area contributed by atoms with Gasteiger partial charge in [0.15, 0.2) is 5.16 Å². The molecule has 0 atom stereocenters. The number of carbonyl (C=O) groups excluding carboxylic acids is 1. The van der Waals surface area contributed by atoms with Crippen molar-refractivity contribution in [2.45, 2.75) is 17.8 Å². The van der Waals surface area contributed by atoms with Gasteiger partial charge in [-0.3, -0.25) is 9.78 Å². The molecule has 1 aromatic carbocycles. The van der Waals surface area contributed by atoms with Crippen molar-refractivity contribution in [1.82, 2.24) is 15.0 Å². The van der Waals surface area contributed by atoms with Crippen LogP contribution in [0.4, 0.5) is 11.5 Å². The van der Waals surface area contributed by atoms with E-state index in [0.717, 1.165) is 5.69 Å². The summed E-state index contributed by atoms with van der Waals surface area (Å²) in [5, 5.41) is 12.6. The molecular formula is C20H17N6OS. The van der Waals surface area contributed by atoms with Crippen LogP contribution < -0.4 is 11.1 Å². The van der Waals surface area contributed by atoms with Crippen LogP contribution in [0.25, 0.3) is 11.3 Å². The van der Waals surface area contributed by atoms with Crippen molar-refractivity contribution in [2.24, 2.45) is 0 Å². The highest BCUT2D eigenvalue weighted by molar-refractivity contribution is 7.98. The Balaban J connectivity index is 1.90. The molecule has 0 saturated carbocycles. The van der Waals surface area contributed by atoms with E-state index < -0.39 is 0 Å². The molecular weight excluding hydrogens is 372 g/mol. The number of rotatable bonds is 5. The Morgan fingerprint density at radius 1 is 1.21 bits per heavy atom.